The molecule has 274 valence electrons. The average Bonchev–Trinajstić information content (AvgIpc) is 3.07. The molecule has 1 amide bonds. The van der Waals surface area contributed by atoms with E-state index < -0.39 is 49.5 Å². The van der Waals surface area contributed by atoms with Crippen molar-refractivity contribution in [3.63, 3.8) is 0 Å². The van der Waals surface area contributed by atoms with E-state index in [0.29, 0.717) is 12.8 Å². The lowest BCUT2D eigenvalue weighted by Crippen LogP contribution is -2.60. The maximum absolute atomic E-state index is 12.8. The van der Waals surface area contributed by atoms with Crippen LogP contribution in [0.25, 0.3) is 0 Å². The van der Waals surface area contributed by atoms with Gasteiger partial charge < -0.3 is 40.3 Å². The van der Waals surface area contributed by atoms with Crippen molar-refractivity contribution in [1.29, 1.82) is 0 Å². The summed E-state index contributed by atoms with van der Waals surface area (Å²) in [5.74, 6) is -0.178. The minimum atomic E-state index is -1.56. The molecule has 7 unspecified atom stereocenters. The van der Waals surface area contributed by atoms with Crippen LogP contribution in [-0.4, -0.2) is 87.5 Å². The molecule has 9 nitrogen and oxygen atoms in total. The number of rotatable bonds is 29. The highest BCUT2D eigenvalue weighted by molar-refractivity contribution is 5.76. The van der Waals surface area contributed by atoms with Crippen LogP contribution in [0.5, 0.6) is 0 Å². The number of nitrogens with one attached hydrogen (secondary N) is 1. The number of carbonyl (C=O) groups is 1. The smallest absolute Gasteiger partial charge is 0.220 e. The second-order valence-corrected chi connectivity index (χ2v) is 13.0. The third kappa shape index (κ3) is 21.2. The molecule has 47 heavy (non-hydrogen) atoms. The highest BCUT2D eigenvalue weighted by Crippen LogP contribution is 2.23. The van der Waals surface area contributed by atoms with Crippen molar-refractivity contribution in [2.75, 3.05) is 13.2 Å². The summed E-state index contributed by atoms with van der Waals surface area (Å²) in [7, 11) is 0. The maximum Gasteiger partial charge on any atom is 0.220 e. The zero-order chi connectivity index (χ0) is 34.5. The Hall–Kier alpha value is -1.59. The van der Waals surface area contributed by atoms with E-state index in [1.54, 1.807) is 0 Å². The first-order chi connectivity index (χ1) is 22.8. The van der Waals surface area contributed by atoms with Crippen molar-refractivity contribution < 1.29 is 39.8 Å². The Balaban J connectivity index is 2.47. The SMILES string of the molecule is CC/C=C\C/C=C\C/C=C\CCCCCC(=O)NC(COC1OC(CO)C(O)C(O)C1O)C(O)CCCCCCCCCCCCC. The van der Waals surface area contributed by atoms with Crippen molar-refractivity contribution in [2.45, 2.75) is 185 Å². The van der Waals surface area contributed by atoms with Crippen LogP contribution < -0.4 is 5.32 Å². The normalized spacial score (nSPS) is 23.3. The fourth-order valence-electron chi connectivity index (χ4n) is 5.70. The summed E-state index contributed by atoms with van der Waals surface area (Å²) in [5.41, 5.74) is 0. The summed E-state index contributed by atoms with van der Waals surface area (Å²) in [6.07, 6.45) is 25.8. The molecule has 7 atom stereocenters. The van der Waals surface area contributed by atoms with Crippen LogP contribution in [0.3, 0.4) is 0 Å². The lowest BCUT2D eigenvalue weighted by Gasteiger charge is -2.40. The monoisotopic (exact) mass is 668 g/mol. The topological polar surface area (TPSA) is 149 Å². The fraction of sp³-hybridized carbons (Fsp3) is 0.816. The van der Waals surface area contributed by atoms with Crippen LogP contribution >= 0.6 is 0 Å². The van der Waals surface area contributed by atoms with Gasteiger partial charge in [-0.15, -0.1) is 0 Å². The number of hydrogen-bond donors (Lipinski definition) is 6. The Kier molecular flexibility index (Phi) is 27.1. The lowest BCUT2D eigenvalue weighted by molar-refractivity contribution is -0.302. The number of hydrogen-bond acceptors (Lipinski definition) is 8. The first-order valence-corrected chi connectivity index (χ1v) is 18.7. The molecular weight excluding hydrogens is 598 g/mol. The van der Waals surface area contributed by atoms with Crippen molar-refractivity contribution in [3.05, 3.63) is 36.5 Å². The molecular formula is C38H69NO8. The zero-order valence-corrected chi connectivity index (χ0v) is 29.5. The van der Waals surface area contributed by atoms with E-state index in [-0.39, 0.29) is 12.5 Å². The molecule has 1 saturated heterocycles. The Bertz CT molecular complexity index is 833. The summed E-state index contributed by atoms with van der Waals surface area (Å²) < 4.78 is 11.2. The van der Waals surface area contributed by atoms with Crippen LogP contribution in [0.1, 0.15) is 142 Å². The lowest BCUT2D eigenvalue weighted by atomic mass is 9.99. The molecule has 1 fully saturated rings. The Morgan fingerprint density at radius 2 is 1.32 bits per heavy atom. The zero-order valence-electron chi connectivity index (χ0n) is 29.5. The number of aliphatic hydroxyl groups excluding tert-OH is 5. The van der Waals surface area contributed by atoms with Crippen LogP contribution in [0, 0.1) is 0 Å². The van der Waals surface area contributed by atoms with E-state index >= 15 is 0 Å². The highest BCUT2D eigenvalue weighted by Gasteiger charge is 2.44. The molecule has 0 radical (unpaired) electrons. The summed E-state index contributed by atoms with van der Waals surface area (Å²) in [4.78, 5) is 12.8. The van der Waals surface area contributed by atoms with Crippen molar-refractivity contribution in [1.82, 2.24) is 5.32 Å². The van der Waals surface area contributed by atoms with Gasteiger partial charge in [-0.3, -0.25) is 4.79 Å². The predicted molar refractivity (Wildman–Crippen MR) is 189 cm³/mol. The standard InChI is InChI=1S/C38H69NO8/c1-3-5-7-9-11-13-15-16-18-20-22-24-26-28-34(42)39-31(30-46-38-37(45)36(44)35(43)33(29-40)47-38)32(41)27-25-23-21-19-17-14-12-10-8-6-4-2/h5,7,11,13,16,18,31-33,35-38,40-41,43-45H,3-4,6,8-10,12,14-15,17,19-30H2,1-2H3,(H,39,42)/b7-5-,13-11-,18-16-. The molecule has 0 spiro atoms. The number of ether oxygens (including phenoxy) is 2. The fourth-order valence-corrected chi connectivity index (χ4v) is 5.70. The third-order valence-corrected chi connectivity index (χ3v) is 8.76. The van der Waals surface area contributed by atoms with Gasteiger partial charge >= 0.3 is 0 Å². The van der Waals surface area contributed by atoms with E-state index in [0.717, 1.165) is 64.2 Å². The van der Waals surface area contributed by atoms with E-state index in [4.69, 9.17) is 9.47 Å². The quantitative estimate of drug-likeness (QED) is 0.0411. The van der Waals surface area contributed by atoms with Crippen LogP contribution in [-0.2, 0) is 14.3 Å². The molecule has 0 aromatic heterocycles. The molecule has 0 saturated carbocycles. The number of allylic oxidation sites excluding steroid dienone is 6. The highest BCUT2D eigenvalue weighted by atomic mass is 16.7. The maximum atomic E-state index is 12.8. The first kappa shape index (κ1) is 43.4. The molecule has 1 rings (SSSR count). The number of carbonyl (C=O) groups excluding carboxylic acids is 1. The molecule has 1 aliphatic heterocycles. The molecule has 6 N–H and O–H groups in total. The predicted octanol–water partition coefficient (Wildman–Crippen LogP) is 6.16. The van der Waals surface area contributed by atoms with E-state index in [1.165, 1.54) is 51.4 Å². The van der Waals surface area contributed by atoms with Crippen LogP contribution in [0.15, 0.2) is 36.5 Å². The van der Waals surface area contributed by atoms with Gasteiger partial charge in [-0.25, -0.2) is 0 Å². The van der Waals surface area contributed by atoms with Gasteiger partial charge in [0.25, 0.3) is 0 Å². The second kappa shape index (κ2) is 29.3. The van der Waals surface area contributed by atoms with Gasteiger partial charge in [-0.1, -0.05) is 127 Å². The van der Waals surface area contributed by atoms with Gasteiger partial charge in [-0.05, 0) is 44.9 Å². The molecule has 0 aromatic rings. The molecule has 9 heteroatoms. The third-order valence-electron chi connectivity index (χ3n) is 8.76. The van der Waals surface area contributed by atoms with Gasteiger partial charge in [0.15, 0.2) is 6.29 Å². The molecule has 1 heterocycles. The van der Waals surface area contributed by atoms with Crippen LogP contribution in [0.4, 0.5) is 0 Å². The van der Waals surface area contributed by atoms with Gasteiger partial charge in [0.2, 0.25) is 5.91 Å². The van der Waals surface area contributed by atoms with E-state index in [9.17, 15) is 30.3 Å². The Morgan fingerprint density at radius 3 is 1.94 bits per heavy atom. The summed E-state index contributed by atoms with van der Waals surface area (Å²) in [5, 5.41) is 53.9. The first-order valence-electron chi connectivity index (χ1n) is 18.7. The van der Waals surface area contributed by atoms with Gasteiger partial charge in [0.1, 0.15) is 24.4 Å². The molecule has 0 bridgehead atoms. The Labute approximate surface area is 285 Å². The Morgan fingerprint density at radius 1 is 0.745 bits per heavy atom. The van der Waals surface area contributed by atoms with E-state index in [2.05, 4.69) is 55.6 Å². The van der Waals surface area contributed by atoms with Crippen molar-refractivity contribution in [3.8, 4) is 0 Å². The van der Waals surface area contributed by atoms with Crippen LogP contribution in [0.2, 0.25) is 0 Å². The van der Waals surface area contributed by atoms with Gasteiger partial charge in [0, 0.05) is 6.42 Å². The number of amides is 1. The summed E-state index contributed by atoms with van der Waals surface area (Å²) in [6, 6.07) is -0.730. The van der Waals surface area contributed by atoms with Gasteiger partial charge in [-0.2, -0.15) is 0 Å². The van der Waals surface area contributed by atoms with Crippen molar-refractivity contribution in [2.24, 2.45) is 0 Å². The minimum absolute atomic E-state index is 0.151. The molecule has 0 aromatic carbocycles. The average molecular weight is 668 g/mol. The summed E-state index contributed by atoms with van der Waals surface area (Å²) >= 11 is 0. The largest absolute Gasteiger partial charge is 0.394 e. The second-order valence-electron chi connectivity index (χ2n) is 13.0. The molecule has 0 aliphatic carbocycles. The molecule has 1 aliphatic rings. The number of aliphatic hydroxyl groups is 5. The number of unbranched alkanes of at least 4 members (excludes halogenated alkanes) is 13. The minimum Gasteiger partial charge on any atom is -0.394 e. The van der Waals surface area contributed by atoms with Crippen molar-refractivity contribution >= 4 is 5.91 Å². The van der Waals surface area contributed by atoms with Gasteiger partial charge in [0.05, 0.1) is 25.4 Å². The van der Waals surface area contributed by atoms with E-state index in [1.807, 2.05) is 0 Å². The summed E-state index contributed by atoms with van der Waals surface area (Å²) in [6.45, 7) is 3.65.